The Balaban J connectivity index is 2.50. The van der Waals surface area contributed by atoms with Gasteiger partial charge in [0.25, 0.3) is 5.56 Å². The van der Waals surface area contributed by atoms with Crippen LogP contribution in [0.15, 0.2) is 15.9 Å². The van der Waals surface area contributed by atoms with Gasteiger partial charge in [-0.15, -0.1) is 0 Å². The van der Waals surface area contributed by atoms with E-state index < -0.39 is 17.2 Å². The van der Waals surface area contributed by atoms with Crippen molar-refractivity contribution in [1.82, 2.24) is 24.0 Å². The number of hydrogen-bond donors (Lipinski definition) is 2. The Kier molecular flexibility index (Phi) is 3.94. The first-order valence-corrected chi connectivity index (χ1v) is 6.47. The fraction of sp³-hybridized carbons (Fsp3) is 0.500. The van der Waals surface area contributed by atoms with Crippen molar-refractivity contribution in [3.63, 3.8) is 0 Å². The standard InChI is InChI=1S/C12H18N6O3/c1-7(4-13)15-8(19)5-18-11(20)9-10(14-6-16(9)2)17(3)12(18)21/h6-7H,4-5,13H2,1-3H3,(H,15,19)/t7-/m0/s1. The van der Waals surface area contributed by atoms with Gasteiger partial charge in [-0.2, -0.15) is 0 Å². The molecule has 0 fully saturated rings. The van der Waals surface area contributed by atoms with E-state index in [9.17, 15) is 14.4 Å². The molecule has 0 aliphatic heterocycles. The Morgan fingerprint density at radius 2 is 2.10 bits per heavy atom. The van der Waals surface area contributed by atoms with Gasteiger partial charge in [0.1, 0.15) is 6.54 Å². The predicted molar refractivity (Wildman–Crippen MR) is 76.9 cm³/mol. The summed E-state index contributed by atoms with van der Waals surface area (Å²) in [6.07, 6.45) is 1.45. The largest absolute Gasteiger partial charge is 0.351 e. The van der Waals surface area contributed by atoms with E-state index in [1.165, 1.54) is 22.5 Å². The van der Waals surface area contributed by atoms with Crippen LogP contribution in [0.1, 0.15) is 6.92 Å². The Labute approximate surface area is 120 Å². The van der Waals surface area contributed by atoms with Crippen LogP contribution in [0, 0.1) is 0 Å². The number of hydrogen-bond acceptors (Lipinski definition) is 5. The summed E-state index contributed by atoms with van der Waals surface area (Å²) >= 11 is 0. The highest BCUT2D eigenvalue weighted by Crippen LogP contribution is 2.02. The topological polar surface area (TPSA) is 117 Å². The zero-order valence-corrected chi connectivity index (χ0v) is 12.2. The molecule has 0 aliphatic rings. The van der Waals surface area contributed by atoms with Crippen LogP contribution in [0.4, 0.5) is 0 Å². The second kappa shape index (κ2) is 5.52. The quantitative estimate of drug-likeness (QED) is 0.669. The van der Waals surface area contributed by atoms with Crippen molar-refractivity contribution in [3.05, 3.63) is 27.2 Å². The van der Waals surface area contributed by atoms with Crippen LogP contribution in [0.3, 0.4) is 0 Å². The molecule has 1 amide bonds. The SMILES string of the molecule is C[C@@H](CN)NC(=O)Cn1c(=O)c2c(ncn2C)n(C)c1=O. The number of imidazole rings is 1. The molecule has 0 bridgehead atoms. The average Bonchev–Trinajstić information content (AvgIpc) is 2.83. The molecule has 1 atom stereocenters. The lowest BCUT2D eigenvalue weighted by molar-refractivity contribution is -0.122. The van der Waals surface area contributed by atoms with Gasteiger partial charge in [0.15, 0.2) is 11.2 Å². The number of amides is 1. The van der Waals surface area contributed by atoms with E-state index in [1.807, 2.05) is 0 Å². The molecule has 0 unspecified atom stereocenters. The first-order valence-electron chi connectivity index (χ1n) is 6.47. The molecule has 9 nitrogen and oxygen atoms in total. The van der Waals surface area contributed by atoms with Gasteiger partial charge in [-0.3, -0.25) is 14.2 Å². The van der Waals surface area contributed by atoms with Crippen LogP contribution in [0.25, 0.3) is 11.2 Å². The number of carbonyl (C=O) groups excluding carboxylic acids is 1. The zero-order valence-electron chi connectivity index (χ0n) is 12.2. The van der Waals surface area contributed by atoms with Crippen molar-refractivity contribution < 1.29 is 4.79 Å². The van der Waals surface area contributed by atoms with Gasteiger partial charge < -0.3 is 15.6 Å². The predicted octanol–water partition coefficient (Wildman–Crippen LogP) is -2.10. The van der Waals surface area contributed by atoms with E-state index in [4.69, 9.17) is 5.73 Å². The van der Waals surface area contributed by atoms with E-state index in [2.05, 4.69) is 10.3 Å². The highest BCUT2D eigenvalue weighted by atomic mass is 16.2. The van der Waals surface area contributed by atoms with Crippen molar-refractivity contribution in [3.8, 4) is 0 Å². The number of fused-ring (bicyclic) bond motifs is 1. The molecule has 0 saturated carbocycles. The molecule has 9 heteroatoms. The molecule has 0 aliphatic carbocycles. The number of carbonyl (C=O) groups is 1. The van der Waals surface area contributed by atoms with Crippen molar-refractivity contribution in [2.45, 2.75) is 19.5 Å². The molecule has 2 rings (SSSR count). The Morgan fingerprint density at radius 3 is 2.71 bits per heavy atom. The smallest absolute Gasteiger partial charge is 0.332 e. The minimum atomic E-state index is -0.582. The highest BCUT2D eigenvalue weighted by molar-refractivity contribution is 5.76. The molecule has 2 aromatic heterocycles. The van der Waals surface area contributed by atoms with E-state index in [1.54, 1.807) is 14.0 Å². The van der Waals surface area contributed by atoms with Gasteiger partial charge in [0, 0.05) is 26.7 Å². The minimum absolute atomic E-state index is 0.225. The molecular weight excluding hydrogens is 276 g/mol. The van der Waals surface area contributed by atoms with Crippen LogP contribution in [0.2, 0.25) is 0 Å². The summed E-state index contributed by atoms with van der Waals surface area (Å²) in [6, 6.07) is -0.225. The number of rotatable bonds is 4. The lowest BCUT2D eigenvalue weighted by atomic mass is 10.3. The maximum atomic E-state index is 12.4. The fourth-order valence-electron chi connectivity index (χ4n) is 2.06. The van der Waals surface area contributed by atoms with E-state index in [0.717, 1.165) is 4.57 Å². The second-order valence-corrected chi connectivity index (χ2v) is 4.96. The van der Waals surface area contributed by atoms with Crippen LogP contribution < -0.4 is 22.3 Å². The van der Waals surface area contributed by atoms with Crippen LogP contribution in [-0.2, 0) is 25.4 Å². The van der Waals surface area contributed by atoms with Gasteiger partial charge in [-0.1, -0.05) is 0 Å². The van der Waals surface area contributed by atoms with Gasteiger partial charge in [-0.05, 0) is 6.92 Å². The van der Waals surface area contributed by atoms with Gasteiger partial charge in [-0.25, -0.2) is 14.3 Å². The maximum absolute atomic E-state index is 12.4. The molecule has 0 saturated heterocycles. The summed E-state index contributed by atoms with van der Waals surface area (Å²) in [4.78, 5) is 40.4. The van der Waals surface area contributed by atoms with Gasteiger partial charge >= 0.3 is 5.69 Å². The molecule has 3 N–H and O–H groups in total. The lowest BCUT2D eigenvalue weighted by Crippen LogP contribution is -2.46. The third-order valence-corrected chi connectivity index (χ3v) is 3.26. The Bertz CT molecular complexity index is 800. The molecule has 0 aromatic carbocycles. The number of nitrogens with two attached hydrogens (primary N) is 1. The third kappa shape index (κ3) is 2.59. The van der Waals surface area contributed by atoms with Crippen molar-refractivity contribution in [2.24, 2.45) is 19.8 Å². The molecular formula is C12H18N6O3. The van der Waals surface area contributed by atoms with Gasteiger partial charge in [0.2, 0.25) is 5.91 Å². The van der Waals surface area contributed by atoms with Crippen LogP contribution >= 0.6 is 0 Å². The van der Waals surface area contributed by atoms with E-state index in [-0.39, 0.29) is 24.6 Å². The maximum Gasteiger partial charge on any atom is 0.332 e. The summed E-state index contributed by atoms with van der Waals surface area (Å²) in [7, 11) is 3.16. The van der Waals surface area contributed by atoms with Gasteiger partial charge in [0.05, 0.1) is 6.33 Å². The molecule has 21 heavy (non-hydrogen) atoms. The van der Waals surface area contributed by atoms with E-state index in [0.29, 0.717) is 5.65 Å². The van der Waals surface area contributed by atoms with Crippen molar-refractivity contribution >= 4 is 17.1 Å². The van der Waals surface area contributed by atoms with Crippen molar-refractivity contribution in [1.29, 1.82) is 0 Å². The molecule has 0 spiro atoms. The van der Waals surface area contributed by atoms with Crippen LogP contribution in [-0.4, -0.2) is 37.2 Å². The van der Waals surface area contributed by atoms with Crippen LogP contribution in [0.5, 0.6) is 0 Å². The zero-order chi connectivity index (χ0) is 15.7. The first kappa shape index (κ1) is 15.0. The summed E-state index contributed by atoms with van der Waals surface area (Å²) in [5, 5.41) is 2.61. The molecule has 0 radical (unpaired) electrons. The van der Waals surface area contributed by atoms with Crippen molar-refractivity contribution in [2.75, 3.05) is 6.54 Å². The average molecular weight is 294 g/mol. The minimum Gasteiger partial charge on any atom is -0.351 e. The molecule has 114 valence electrons. The summed E-state index contributed by atoms with van der Waals surface area (Å²) in [5.74, 6) is -0.436. The normalized spacial score (nSPS) is 12.6. The molecule has 2 aromatic rings. The number of aryl methyl sites for hydroxylation is 2. The molecule has 2 heterocycles. The monoisotopic (exact) mass is 294 g/mol. The number of nitrogens with zero attached hydrogens (tertiary/aromatic N) is 4. The lowest BCUT2D eigenvalue weighted by Gasteiger charge is -2.12. The summed E-state index contributed by atoms with van der Waals surface area (Å²) in [6.45, 7) is 1.67. The highest BCUT2D eigenvalue weighted by Gasteiger charge is 2.17. The third-order valence-electron chi connectivity index (χ3n) is 3.26. The second-order valence-electron chi connectivity index (χ2n) is 4.96. The number of nitrogens with one attached hydrogen (secondary N) is 1. The Morgan fingerprint density at radius 1 is 1.43 bits per heavy atom. The summed E-state index contributed by atoms with van der Waals surface area (Å²) in [5.41, 5.74) is 4.86. The fourth-order valence-corrected chi connectivity index (χ4v) is 2.06. The van der Waals surface area contributed by atoms with E-state index >= 15 is 0 Å². The number of aromatic nitrogens is 4. The first-order chi connectivity index (χ1) is 9.86. The summed E-state index contributed by atoms with van der Waals surface area (Å²) < 4.78 is 3.66. The Hall–Kier alpha value is -2.42.